The van der Waals surface area contributed by atoms with E-state index in [1.807, 2.05) is 36.4 Å². The van der Waals surface area contributed by atoms with Crippen LogP contribution in [0.1, 0.15) is 32.1 Å². The molecule has 0 aromatic heterocycles. The minimum absolute atomic E-state index is 0.0332. The maximum atomic E-state index is 12.7. The number of anilines is 3. The van der Waals surface area contributed by atoms with E-state index in [9.17, 15) is 9.59 Å². The number of nitrogens with zero attached hydrogens (tertiary/aromatic N) is 1. The summed E-state index contributed by atoms with van der Waals surface area (Å²) in [7, 11) is 0. The van der Waals surface area contributed by atoms with E-state index in [1.165, 1.54) is 12.8 Å². The van der Waals surface area contributed by atoms with Gasteiger partial charge in [0.1, 0.15) is 5.75 Å². The molecule has 28 heavy (non-hydrogen) atoms. The predicted molar refractivity (Wildman–Crippen MR) is 110 cm³/mol. The van der Waals surface area contributed by atoms with Crippen LogP contribution in [0.2, 0.25) is 0 Å². The Labute approximate surface area is 164 Å². The number of fused-ring (bicyclic) bond motifs is 1. The first-order chi connectivity index (χ1) is 13.7. The van der Waals surface area contributed by atoms with Gasteiger partial charge in [-0.15, -0.1) is 0 Å². The van der Waals surface area contributed by atoms with Gasteiger partial charge in [-0.25, -0.2) is 0 Å². The smallest absolute Gasteiger partial charge is 0.266 e. The standard InChI is InChI=1S/C22H25N3O3/c26-21(15-20-22(27)24-17-10-4-6-12-19(17)28-20)23-16-9-3-5-11-18(16)25-13-7-1-2-8-14-25/h3-6,9-12,20H,1-2,7-8,13-15H2,(H,23,26)(H,24,27). The molecule has 0 aliphatic carbocycles. The van der Waals surface area contributed by atoms with E-state index in [2.05, 4.69) is 15.5 Å². The molecular weight excluding hydrogens is 354 g/mol. The van der Waals surface area contributed by atoms with Crippen LogP contribution in [0.15, 0.2) is 48.5 Å². The third-order valence-corrected chi connectivity index (χ3v) is 5.20. The van der Waals surface area contributed by atoms with Crippen molar-refractivity contribution in [2.75, 3.05) is 28.6 Å². The zero-order valence-electron chi connectivity index (χ0n) is 15.8. The number of hydrogen-bond donors (Lipinski definition) is 2. The predicted octanol–water partition coefficient (Wildman–Crippen LogP) is 3.80. The number of ether oxygens (including phenoxy) is 1. The highest BCUT2D eigenvalue weighted by Gasteiger charge is 2.29. The molecule has 0 spiro atoms. The second-order valence-corrected chi connectivity index (χ2v) is 7.26. The molecule has 0 saturated carbocycles. The molecule has 4 rings (SSSR count). The molecule has 2 heterocycles. The summed E-state index contributed by atoms with van der Waals surface area (Å²) < 4.78 is 5.73. The summed E-state index contributed by atoms with van der Waals surface area (Å²) in [5.41, 5.74) is 2.46. The first-order valence-corrected chi connectivity index (χ1v) is 9.91. The Bertz CT molecular complexity index is 860. The fourth-order valence-corrected chi connectivity index (χ4v) is 3.76. The lowest BCUT2D eigenvalue weighted by molar-refractivity contribution is -0.128. The Morgan fingerprint density at radius 1 is 1.04 bits per heavy atom. The first-order valence-electron chi connectivity index (χ1n) is 9.91. The number of amides is 2. The van der Waals surface area contributed by atoms with Gasteiger partial charge in [-0.2, -0.15) is 0 Å². The van der Waals surface area contributed by atoms with Gasteiger partial charge in [0, 0.05) is 13.1 Å². The van der Waals surface area contributed by atoms with Crippen molar-refractivity contribution < 1.29 is 14.3 Å². The van der Waals surface area contributed by atoms with Crippen LogP contribution < -0.4 is 20.3 Å². The molecule has 6 nitrogen and oxygen atoms in total. The fraction of sp³-hybridized carbons (Fsp3) is 0.364. The van der Waals surface area contributed by atoms with Crippen molar-refractivity contribution in [1.29, 1.82) is 0 Å². The van der Waals surface area contributed by atoms with E-state index < -0.39 is 6.10 Å². The average Bonchev–Trinajstić information content (AvgIpc) is 2.98. The summed E-state index contributed by atoms with van der Waals surface area (Å²) >= 11 is 0. The highest BCUT2D eigenvalue weighted by atomic mass is 16.5. The van der Waals surface area contributed by atoms with E-state index in [4.69, 9.17) is 4.74 Å². The molecule has 2 aromatic rings. The zero-order valence-corrected chi connectivity index (χ0v) is 15.8. The lowest BCUT2D eigenvalue weighted by atomic mass is 10.1. The highest BCUT2D eigenvalue weighted by molar-refractivity contribution is 6.02. The van der Waals surface area contributed by atoms with Crippen molar-refractivity contribution in [2.24, 2.45) is 0 Å². The van der Waals surface area contributed by atoms with Crippen molar-refractivity contribution in [3.05, 3.63) is 48.5 Å². The van der Waals surface area contributed by atoms with Gasteiger partial charge in [0.2, 0.25) is 5.91 Å². The molecule has 6 heteroatoms. The number of rotatable bonds is 4. The van der Waals surface area contributed by atoms with Gasteiger partial charge in [0.25, 0.3) is 5.91 Å². The van der Waals surface area contributed by atoms with Gasteiger partial charge in [-0.1, -0.05) is 37.1 Å². The maximum absolute atomic E-state index is 12.7. The molecule has 1 saturated heterocycles. The highest BCUT2D eigenvalue weighted by Crippen LogP contribution is 2.31. The van der Waals surface area contributed by atoms with Crippen LogP contribution in [0.25, 0.3) is 0 Å². The topological polar surface area (TPSA) is 70.7 Å². The molecule has 2 amide bonds. The number of benzene rings is 2. The minimum Gasteiger partial charge on any atom is -0.478 e. The van der Waals surface area contributed by atoms with Crippen molar-refractivity contribution in [3.8, 4) is 5.75 Å². The van der Waals surface area contributed by atoms with Gasteiger partial charge in [-0.3, -0.25) is 9.59 Å². The molecule has 0 radical (unpaired) electrons. The number of nitrogens with one attached hydrogen (secondary N) is 2. The van der Waals surface area contributed by atoms with Crippen LogP contribution in [0.5, 0.6) is 5.75 Å². The van der Waals surface area contributed by atoms with E-state index in [1.54, 1.807) is 12.1 Å². The van der Waals surface area contributed by atoms with E-state index >= 15 is 0 Å². The minimum atomic E-state index is -0.833. The van der Waals surface area contributed by atoms with E-state index in [-0.39, 0.29) is 18.2 Å². The van der Waals surface area contributed by atoms with Crippen LogP contribution in [0, 0.1) is 0 Å². The maximum Gasteiger partial charge on any atom is 0.266 e. The molecule has 0 bridgehead atoms. The molecule has 146 valence electrons. The Hall–Kier alpha value is -3.02. The lowest BCUT2D eigenvalue weighted by Gasteiger charge is -2.27. The quantitative estimate of drug-likeness (QED) is 0.848. The van der Waals surface area contributed by atoms with Crippen molar-refractivity contribution in [3.63, 3.8) is 0 Å². The third-order valence-electron chi connectivity index (χ3n) is 5.20. The first kappa shape index (κ1) is 18.3. The second kappa shape index (κ2) is 8.33. The molecule has 1 unspecified atom stereocenters. The number of carbonyl (C=O) groups is 2. The SMILES string of the molecule is O=C(CC1Oc2ccccc2NC1=O)Nc1ccccc1N1CCCCCC1. The van der Waals surface area contributed by atoms with Crippen LogP contribution >= 0.6 is 0 Å². The summed E-state index contributed by atoms with van der Waals surface area (Å²) in [6.45, 7) is 2.00. The zero-order chi connectivity index (χ0) is 19.3. The fourth-order valence-electron chi connectivity index (χ4n) is 3.76. The van der Waals surface area contributed by atoms with E-state index in [0.29, 0.717) is 11.4 Å². The summed E-state index contributed by atoms with van der Waals surface area (Å²) in [5.74, 6) is 0.0568. The third kappa shape index (κ3) is 4.11. The van der Waals surface area contributed by atoms with Crippen LogP contribution in [0.4, 0.5) is 17.1 Å². The Balaban J connectivity index is 1.44. The van der Waals surface area contributed by atoms with Crippen molar-refractivity contribution >= 4 is 28.9 Å². The van der Waals surface area contributed by atoms with Gasteiger partial charge < -0.3 is 20.3 Å². The molecule has 1 atom stereocenters. The summed E-state index contributed by atoms with van der Waals surface area (Å²) in [6.07, 6.45) is 3.96. The monoisotopic (exact) mass is 379 g/mol. The Kier molecular flexibility index (Phi) is 5.46. The van der Waals surface area contributed by atoms with E-state index in [0.717, 1.165) is 37.3 Å². The normalized spacial score (nSPS) is 19.1. The molecule has 2 aromatic carbocycles. The van der Waals surface area contributed by atoms with Gasteiger partial charge in [-0.05, 0) is 37.1 Å². The molecular formula is C22H25N3O3. The van der Waals surface area contributed by atoms with Gasteiger partial charge in [0.15, 0.2) is 6.10 Å². The Morgan fingerprint density at radius 3 is 2.57 bits per heavy atom. The summed E-state index contributed by atoms with van der Waals surface area (Å²) in [4.78, 5) is 27.3. The largest absolute Gasteiger partial charge is 0.478 e. The number of para-hydroxylation sites is 4. The van der Waals surface area contributed by atoms with Crippen LogP contribution in [-0.2, 0) is 9.59 Å². The molecule has 2 aliphatic rings. The van der Waals surface area contributed by atoms with Crippen LogP contribution in [-0.4, -0.2) is 31.0 Å². The molecule has 2 N–H and O–H groups in total. The van der Waals surface area contributed by atoms with Crippen molar-refractivity contribution in [1.82, 2.24) is 0 Å². The Morgan fingerprint density at radius 2 is 1.75 bits per heavy atom. The van der Waals surface area contributed by atoms with Gasteiger partial charge >= 0.3 is 0 Å². The van der Waals surface area contributed by atoms with Gasteiger partial charge in [0.05, 0.1) is 23.5 Å². The summed E-state index contributed by atoms with van der Waals surface area (Å²) in [5, 5.41) is 5.78. The lowest BCUT2D eigenvalue weighted by Crippen LogP contribution is -2.39. The second-order valence-electron chi connectivity index (χ2n) is 7.26. The van der Waals surface area contributed by atoms with Crippen molar-refractivity contribution in [2.45, 2.75) is 38.2 Å². The average molecular weight is 379 g/mol. The number of carbonyl (C=O) groups excluding carboxylic acids is 2. The van der Waals surface area contributed by atoms with Crippen LogP contribution in [0.3, 0.4) is 0 Å². The summed E-state index contributed by atoms with van der Waals surface area (Å²) in [6, 6.07) is 15.1. The molecule has 1 fully saturated rings. The molecule has 2 aliphatic heterocycles. The number of hydrogen-bond acceptors (Lipinski definition) is 4.